The summed E-state index contributed by atoms with van der Waals surface area (Å²) in [4.78, 5) is 0. The Balaban J connectivity index is 1.72. The van der Waals surface area contributed by atoms with Crippen molar-refractivity contribution in [2.45, 2.75) is 104 Å². The minimum atomic E-state index is -0.618. The maximum Gasteiger partial charge on any atom is 0.0811 e. The lowest BCUT2D eigenvalue weighted by molar-refractivity contribution is 0.0717. The summed E-state index contributed by atoms with van der Waals surface area (Å²) in [5.74, 6) is 2.35. The van der Waals surface area contributed by atoms with Gasteiger partial charge in [-0.3, -0.25) is 0 Å². The maximum atomic E-state index is 10.3. The van der Waals surface area contributed by atoms with E-state index in [1.807, 2.05) is 0 Å². The van der Waals surface area contributed by atoms with E-state index in [2.05, 4.69) is 46.4 Å². The Labute approximate surface area is 184 Å². The van der Waals surface area contributed by atoms with E-state index in [1.165, 1.54) is 25.7 Å². The average molecular weight is 417 g/mol. The molecule has 0 amide bonds. The van der Waals surface area contributed by atoms with E-state index in [9.17, 15) is 15.3 Å². The van der Waals surface area contributed by atoms with E-state index >= 15 is 0 Å². The Morgan fingerprint density at radius 2 is 1.87 bits per heavy atom. The topological polar surface area (TPSA) is 60.7 Å². The van der Waals surface area contributed by atoms with E-state index in [0.717, 1.165) is 36.3 Å². The lowest BCUT2D eigenvalue weighted by Crippen LogP contribution is -2.36. The van der Waals surface area contributed by atoms with Gasteiger partial charge in [0, 0.05) is 6.42 Å². The largest absolute Gasteiger partial charge is 0.393 e. The van der Waals surface area contributed by atoms with Crippen LogP contribution in [0.4, 0.5) is 0 Å². The van der Waals surface area contributed by atoms with E-state index in [0.29, 0.717) is 36.0 Å². The fourth-order valence-electron chi connectivity index (χ4n) is 6.65. The summed E-state index contributed by atoms with van der Waals surface area (Å²) in [6, 6.07) is 0. The molecule has 3 heteroatoms. The molecule has 170 valence electrons. The minimum absolute atomic E-state index is 0.180. The zero-order chi connectivity index (χ0) is 22.1. The summed E-state index contributed by atoms with van der Waals surface area (Å²) in [5.41, 5.74) is 3.69. The quantitative estimate of drug-likeness (QED) is 0.531. The predicted octanol–water partition coefficient (Wildman–Crippen LogP) is 5.56. The molecule has 30 heavy (non-hydrogen) atoms. The molecule has 0 spiro atoms. The SMILES string of the molecule is C=C1C(=CC=C2CCC[C@@]3(C)C2CC[C@@H]3[C@H](C)CC[C@@H](O)C(C)C)C[C@@H](O)C[C@@H]1O. The van der Waals surface area contributed by atoms with Crippen LogP contribution in [0, 0.1) is 29.1 Å². The number of aliphatic hydroxyl groups is 3. The van der Waals surface area contributed by atoms with Crippen LogP contribution in [0.2, 0.25) is 0 Å². The normalized spacial score (nSPS) is 39.5. The number of hydrogen-bond acceptors (Lipinski definition) is 3. The van der Waals surface area contributed by atoms with Crippen LogP contribution in [-0.2, 0) is 0 Å². The first-order chi connectivity index (χ1) is 14.1. The molecule has 0 aliphatic heterocycles. The number of fused-ring (bicyclic) bond motifs is 1. The van der Waals surface area contributed by atoms with Gasteiger partial charge in [0.1, 0.15) is 0 Å². The fourth-order valence-corrected chi connectivity index (χ4v) is 6.65. The second-order valence-corrected chi connectivity index (χ2v) is 11.0. The molecule has 0 radical (unpaired) electrons. The molecule has 1 unspecified atom stereocenters. The van der Waals surface area contributed by atoms with Crippen molar-refractivity contribution in [1.29, 1.82) is 0 Å². The van der Waals surface area contributed by atoms with Crippen molar-refractivity contribution in [1.82, 2.24) is 0 Å². The molecule has 3 aliphatic carbocycles. The molecule has 0 bridgehead atoms. The molecule has 3 saturated carbocycles. The molecule has 7 atom stereocenters. The standard InChI is InChI=1S/C27H44O3/c1-17(2)25(29)13-8-18(3)23-11-12-24-20(7-6-14-27(23,24)5)9-10-21-15-22(28)16-26(30)19(21)4/h9-10,17-18,22-26,28-30H,4,6-8,11-16H2,1-3,5H3/t18-,22-,23-,24?,25-,26+,27-/m1/s1. The van der Waals surface area contributed by atoms with Gasteiger partial charge in [0.05, 0.1) is 18.3 Å². The Kier molecular flexibility index (Phi) is 7.69. The van der Waals surface area contributed by atoms with Crippen molar-refractivity contribution in [2.24, 2.45) is 29.1 Å². The zero-order valence-corrected chi connectivity index (χ0v) is 19.6. The average Bonchev–Trinajstić information content (AvgIpc) is 3.04. The molecule has 0 aromatic heterocycles. The summed E-state index contributed by atoms with van der Waals surface area (Å²) in [7, 11) is 0. The van der Waals surface area contributed by atoms with Crippen LogP contribution in [0.15, 0.2) is 35.5 Å². The van der Waals surface area contributed by atoms with Gasteiger partial charge in [-0.2, -0.15) is 0 Å². The Hall–Kier alpha value is -0.900. The van der Waals surface area contributed by atoms with E-state index in [4.69, 9.17) is 0 Å². The molecular formula is C27H44O3. The van der Waals surface area contributed by atoms with Crippen molar-refractivity contribution < 1.29 is 15.3 Å². The van der Waals surface area contributed by atoms with Gasteiger partial charge in [0.25, 0.3) is 0 Å². The summed E-state index contributed by atoms with van der Waals surface area (Å²) < 4.78 is 0. The van der Waals surface area contributed by atoms with Crippen LogP contribution in [0.25, 0.3) is 0 Å². The van der Waals surface area contributed by atoms with E-state index < -0.39 is 12.2 Å². The Bertz CT molecular complexity index is 676. The molecule has 3 fully saturated rings. The highest BCUT2D eigenvalue weighted by Gasteiger charge is 2.50. The summed E-state index contributed by atoms with van der Waals surface area (Å²) in [6.45, 7) is 13.2. The van der Waals surface area contributed by atoms with Crippen molar-refractivity contribution in [3.63, 3.8) is 0 Å². The summed E-state index contributed by atoms with van der Waals surface area (Å²) in [5, 5.41) is 30.4. The number of rotatable bonds is 6. The van der Waals surface area contributed by atoms with Crippen molar-refractivity contribution in [3.05, 3.63) is 35.5 Å². The summed E-state index contributed by atoms with van der Waals surface area (Å²) in [6.07, 6.45) is 12.4. The molecule has 3 N–H and O–H groups in total. The third-order valence-corrected chi connectivity index (χ3v) is 8.68. The van der Waals surface area contributed by atoms with Crippen molar-refractivity contribution in [2.75, 3.05) is 0 Å². The van der Waals surface area contributed by atoms with Crippen LogP contribution in [0.5, 0.6) is 0 Å². The van der Waals surface area contributed by atoms with Gasteiger partial charge < -0.3 is 15.3 Å². The van der Waals surface area contributed by atoms with Crippen molar-refractivity contribution >= 4 is 0 Å². The highest BCUT2D eigenvalue weighted by molar-refractivity contribution is 5.38. The van der Waals surface area contributed by atoms with Gasteiger partial charge in [0.15, 0.2) is 0 Å². The minimum Gasteiger partial charge on any atom is -0.393 e. The van der Waals surface area contributed by atoms with Crippen LogP contribution in [0.3, 0.4) is 0 Å². The maximum absolute atomic E-state index is 10.3. The molecule has 0 heterocycles. The van der Waals surface area contributed by atoms with Crippen LogP contribution in [-0.4, -0.2) is 33.6 Å². The van der Waals surface area contributed by atoms with Gasteiger partial charge in [0.2, 0.25) is 0 Å². The number of hydrogen-bond donors (Lipinski definition) is 3. The Morgan fingerprint density at radius 1 is 1.13 bits per heavy atom. The second-order valence-electron chi connectivity index (χ2n) is 11.0. The first kappa shape index (κ1) is 23.8. The third kappa shape index (κ3) is 4.95. The third-order valence-electron chi connectivity index (χ3n) is 8.68. The van der Waals surface area contributed by atoms with Gasteiger partial charge in [-0.25, -0.2) is 0 Å². The lowest BCUT2D eigenvalue weighted by atomic mass is 9.60. The second kappa shape index (κ2) is 9.71. The van der Waals surface area contributed by atoms with Crippen LogP contribution >= 0.6 is 0 Å². The van der Waals surface area contributed by atoms with Gasteiger partial charge in [-0.15, -0.1) is 0 Å². The first-order valence-electron chi connectivity index (χ1n) is 12.3. The van der Waals surface area contributed by atoms with Crippen molar-refractivity contribution in [3.8, 4) is 0 Å². The van der Waals surface area contributed by atoms with E-state index in [1.54, 1.807) is 5.57 Å². The molecular weight excluding hydrogens is 372 g/mol. The monoisotopic (exact) mass is 416 g/mol. The molecule has 0 saturated heterocycles. The fraction of sp³-hybridized carbons (Fsp3) is 0.778. The van der Waals surface area contributed by atoms with E-state index in [-0.39, 0.29) is 6.10 Å². The van der Waals surface area contributed by atoms with Gasteiger partial charge in [-0.1, -0.05) is 52.0 Å². The number of aliphatic hydroxyl groups excluding tert-OH is 3. The smallest absolute Gasteiger partial charge is 0.0811 e. The highest BCUT2D eigenvalue weighted by Crippen LogP contribution is 2.60. The van der Waals surface area contributed by atoms with Crippen LogP contribution < -0.4 is 0 Å². The lowest BCUT2D eigenvalue weighted by Gasteiger charge is -2.44. The predicted molar refractivity (Wildman–Crippen MR) is 124 cm³/mol. The zero-order valence-electron chi connectivity index (χ0n) is 19.6. The molecule has 3 nitrogen and oxygen atoms in total. The van der Waals surface area contributed by atoms with Gasteiger partial charge >= 0.3 is 0 Å². The molecule has 0 aromatic rings. The Morgan fingerprint density at radius 3 is 2.57 bits per heavy atom. The first-order valence-corrected chi connectivity index (χ1v) is 12.3. The molecule has 3 aliphatic rings. The number of allylic oxidation sites excluding steroid dienone is 3. The molecule has 0 aromatic carbocycles. The summed E-state index contributed by atoms with van der Waals surface area (Å²) >= 11 is 0. The van der Waals surface area contributed by atoms with Gasteiger partial charge in [-0.05, 0) is 91.6 Å². The molecule has 3 rings (SSSR count). The highest BCUT2D eigenvalue weighted by atomic mass is 16.3. The van der Waals surface area contributed by atoms with Crippen LogP contribution in [0.1, 0.15) is 85.5 Å².